The molecule has 0 bridgehead atoms. The number of methoxy groups -OCH3 is 1. The second-order valence-corrected chi connectivity index (χ2v) is 5.61. The van der Waals surface area contributed by atoms with Gasteiger partial charge < -0.3 is 19.4 Å². The lowest BCUT2D eigenvalue weighted by molar-refractivity contribution is -0.116. The van der Waals surface area contributed by atoms with Gasteiger partial charge in [0.25, 0.3) is 0 Å². The zero-order valence-corrected chi connectivity index (χ0v) is 14.1. The maximum atomic E-state index is 12.5. The Labute approximate surface area is 149 Å². The molecule has 26 heavy (non-hydrogen) atoms. The molecule has 136 valence electrons. The van der Waals surface area contributed by atoms with Crippen LogP contribution in [0.4, 0.5) is 14.5 Å². The number of carbonyl (C=O) groups is 1. The van der Waals surface area contributed by atoms with E-state index in [4.69, 9.17) is 4.74 Å². The van der Waals surface area contributed by atoms with Crippen LogP contribution in [0.5, 0.6) is 11.5 Å². The minimum absolute atomic E-state index is 0.128. The summed E-state index contributed by atoms with van der Waals surface area (Å²) >= 11 is 0. The van der Waals surface area contributed by atoms with Crippen LogP contribution < -0.4 is 14.8 Å². The predicted octanol–water partition coefficient (Wildman–Crippen LogP) is 4.28. The highest BCUT2D eigenvalue weighted by Crippen LogP contribution is 2.31. The second-order valence-electron chi connectivity index (χ2n) is 5.61. The fourth-order valence-electron chi connectivity index (χ4n) is 2.72. The molecule has 1 heterocycles. The Kier molecular flexibility index (Phi) is 5.36. The lowest BCUT2D eigenvalue weighted by Crippen LogP contribution is -2.14. The maximum Gasteiger partial charge on any atom is 0.387 e. The van der Waals surface area contributed by atoms with Crippen LogP contribution in [0.2, 0.25) is 0 Å². The average molecular weight is 360 g/mol. The van der Waals surface area contributed by atoms with Crippen molar-refractivity contribution in [3.8, 4) is 11.5 Å². The summed E-state index contributed by atoms with van der Waals surface area (Å²) in [6.45, 7) is -2.47. The summed E-state index contributed by atoms with van der Waals surface area (Å²) in [5.41, 5.74) is 1.42. The van der Waals surface area contributed by atoms with Crippen molar-refractivity contribution in [3.63, 3.8) is 0 Å². The number of carbonyl (C=O) groups excluding carboxylic acids is 1. The lowest BCUT2D eigenvalue weighted by atomic mass is 10.2. The summed E-state index contributed by atoms with van der Waals surface area (Å²) in [5, 5.41) is 3.79. The maximum absolute atomic E-state index is 12.5. The Morgan fingerprint density at radius 2 is 1.96 bits per heavy atom. The molecular weight excluding hydrogens is 342 g/mol. The van der Waals surface area contributed by atoms with Gasteiger partial charge in [-0.05, 0) is 29.7 Å². The molecule has 1 aromatic heterocycles. The van der Waals surface area contributed by atoms with E-state index in [1.165, 1.54) is 19.2 Å². The summed E-state index contributed by atoms with van der Waals surface area (Å²) in [5.74, 6) is -0.185. The summed E-state index contributed by atoms with van der Waals surface area (Å²) in [6.07, 6.45) is 2.18. The van der Waals surface area contributed by atoms with Gasteiger partial charge in [-0.15, -0.1) is 0 Å². The van der Waals surface area contributed by atoms with Gasteiger partial charge in [-0.1, -0.05) is 18.2 Å². The number of amides is 1. The smallest absolute Gasteiger partial charge is 0.387 e. The zero-order valence-electron chi connectivity index (χ0n) is 14.1. The average Bonchev–Trinajstić information content (AvgIpc) is 3.03. The number of aryl methyl sites for hydroxylation is 1. The number of para-hydroxylation sites is 1. The first kappa shape index (κ1) is 17.7. The number of fused-ring (bicyclic) bond motifs is 1. The number of nitrogens with one attached hydrogen (secondary N) is 1. The van der Waals surface area contributed by atoms with Gasteiger partial charge in [0, 0.05) is 36.4 Å². The quantitative estimate of drug-likeness (QED) is 0.684. The fourth-order valence-corrected chi connectivity index (χ4v) is 2.72. The molecule has 0 saturated heterocycles. The van der Waals surface area contributed by atoms with Gasteiger partial charge in [-0.2, -0.15) is 8.78 Å². The summed E-state index contributed by atoms with van der Waals surface area (Å²) in [7, 11) is 1.35. The van der Waals surface area contributed by atoms with Gasteiger partial charge in [0.1, 0.15) is 0 Å². The van der Waals surface area contributed by atoms with E-state index in [0.717, 1.165) is 10.9 Å². The number of nitrogens with zero attached hydrogens (tertiary/aromatic N) is 1. The Hall–Kier alpha value is -3.09. The van der Waals surface area contributed by atoms with Crippen LogP contribution >= 0.6 is 0 Å². The van der Waals surface area contributed by atoms with E-state index in [2.05, 4.69) is 10.1 Å². The topological polar surface area (TPSA) is 52.5 Å². The zero-order chi connectivity index (χ0) is 18.5. The number of ether oxygens (including phenoxy) is 2. The van der Waals surface area contributed by atoms with E-state index in [-0.39, 0.29) is 23.8 Å². The van der Waals surface area contributed by atoms with Crippen molar-refractivity contribution >= 4 is 22.5 Å². The van der Waals surface area contributed by atoms with Crippen LogP contribution in [0, 0.1) is 0 Å². The number of alkyl halides is 2. The number of aromatic nitrogens is 1. The Balaban J connectivity index is 1.64. The molecule has 3 aromatic rings. The molecule has 0 fully saturated rings. The Morgan fingerprint density at radius 1 is 1.15 bits per heavy atom. The lowest BCUT2D eigenvalue weighted by Gasteiger charge is -2.12. The van der Waals surface area contributed by atoms with Crippen LogP contribution in [0.3, 0.4) is 0 Å². The highest BCUT2D eigenvalue weighted by Gasteiger charge is 2.12. The first-order valence-corrected chi connectivity index (χ1v) is 8.03. The van der Waals surface area contributed by atoms with E-state index in [0.29, 0.717) is 12.2 Å². The molecule has 0 atom stereocenters. The third kappa shape index (κ3) is 4.11. The number of hydrogen-bond acceptors (Lipinski definition) is 3. The number of anilines is 1. The monoisotopic (exact) mass is 360 g/mol. The molecule has 0 unspecified atom stereocenters. The summed E-state index contributed by atoms with van der Waals surface area (Å²) in [6, 6.07) is 14.2. The highest BCUT2D eigenvalue weighted by atomic mass is 19.3. The molecule has 3 rings (SSSR count). The Bertz CT molecular complexity index is 909. The largest absolute Gasteiger partial charge is 0.493 e. The number of halogens is 2. The number of rotatable bonds is 7. The third-order valence-corrected chi connectivity index (χ3v) is 3.92. The van der Waals surface area contributed by atoms with E-state index in [9.17, 15) is 13.6 Å². The molecule has 1 N–H and O–H groups in total. The number of benzene rings is 2. The van der Waals surface area contributed by atoms with Gasteiger partial charge in [-0.3, -0.25) is 4.79 Å². The molecule has 7 heteroatoms. The van der Waals surface area contributed by atoms with Crippen molar-refractivity contribution in [1.82, 2.24) is 4.57 Å². The predicted molar refractivity (Wildman–Crippen MR) is 94.8 cm³/mol. The van der Waals surface area contributed by atoms with E-state index >= 15 is 0 Å². The van der Waals surface area contributed by atoms with Crippen molar-refractivity contribution in [2.75, 3.05) is 12.4 Å². The van der Waals surface area contributed by atoms with Crippen molar-refractivity contribution in [2.24, 2.45) is 0 Å². The second kappa shape index (κ2) is 7.86. The van der Waals surface area contributed by atoms with E-state index in [1.54, 1.807) is 6.07 Å². The third-order valence-electron chi connectivity index (χ3n) is 3.92. The van der Waals surface area contributed by atoms with Crippen molar-refractivity contribution in [1.29, 1.82) is 0 Å². The molecule has 0 aliphatic rings. The van der Waals surface area contributed by atoms with Crippen molar-refractivity contribution in [3.05, 3.63) is 54.7 Å². The van der Waals surface area contributed by atoms with E-state index in [1.807, 2.05) is 41.1 Å². The van der Waals surface area contributed by atoms with Crippen LogP contribution in [0.25, 0.3) is 10.9 Å². The van der Waals surface area contributed by atoms with Gasteiger partial charge in [0.05, 0.1) is 7.11 Å². The molecule has 5 nitrogen and oxygen atoms in total. The van der Waals surface area contributed by atoms with Gasteiger partial charge in [0.2, 0.25) is 5.91 Å². The first-order chi connectivity index (χ1) is 12.6. The normalized spacial score (nSPS) is 10.9. The van der Waals surface area contributed by atoms with Gasteiger partial charge >= 0.3 is 6.61 Å². The SMILES string of the molecule is COc1ccc(NC(=O)CCn2ccc3ccccc32)cc1OC(F)F. The molecule has 2 aromatic carbocycles. The first-order valence-electron chi connectivity index (χ1n) is 8.03. The Morgan fingerprint density at radius 3 is 2.73 bits per heavy atom. The van der Waals surface area contributed by atoms with E-state index < -0.39 is 6.61 Å². The molecule has 0 radical (unpaired) electrons. The number of hydrogen-bond donors (Lipinski definition) is 1. The summed E-state index contributed by atoms with van der Waals surface area (Å²) < 4.78 is 36.3. The molecule has 0 aliphatic heterocycles. The van der Waals surface area contributed by atoms with Gasteiger partial charge in [-0.25, -0.2) is 0 Å². The van der Waals surface area contributed by atoms with Crippen LogP contribution in [-0.2, 0) is 11.3 Å². The van der Waals surface area contributed by atoms with Crippen molar-refractivity contribution < 1.29 is 23.0 Å². The van der Waals surface area contributed by atoms with Gasteiger partial charge in [0.15, 0.2) is 11.5 Å². The van der Waals surface area contributed by atoms with Crippen molar-refractivity contribution in [2.45, 2.75) is 19.6 Å². The van der Waals surface area contributed by atoms with Crippen LogP contribution in [-0.4, -0.2) is 24.2 Å². The molecule has 0 spiro atoms. The standard InChI is InChI=1S/C19H18F2N2O3/c1-25-16-7-6-14(12-17(16)26-19(20)21)22-18(24)9-11-23-10-8-13-4-2-3-5-15(13)23/h2-8,10,12,19H,9,11H2,1H3,(H,22,24). The molecular formula is C19H18F2N2O3. The molecule has 0 saturated carbocycles. The molecule has 1 amide bonds. The van der Waals surface area contributed by atoms with Crippen LogP contribution in [0.1, 0.15) is 6.42 Å². The fraction of sp³-hybridized carbons (Fsp3) is 0.211. The summed E-state index contributed by atoms with van der Waals surface area (Å²) in [4.78, 5) is 12.2. The highest BCUT2D eigenvalue weighted by molar-refractivity contribution is 5.91. The molecule has 0 aliphatic carbocycles. The van der Waals surface area contributed by atoms with Crippen LogP contribution in [0.15, 0.2) is 54.7 Å². The minimum Gasteiger partial charge on any atom is -0.493 e. The minimum atomic E-state index is -2.98.